The van der Waals surface area contributed by atoms with Crippen molar-refractivity contribution in [1.82, 2.24) is 0 Å². The number of terminal acetylenes is 1. The molecule has 0 amide bonds. The molecule has 1 saturated carbocycles. The normalized spacial score (nSPS) is 20.6. The Bertz CT molecular complexity index is 142. The molecule has 0 aliphatic heterocycles. The Labute approximate surface area is 64.0 Å². The van der Waals surface area contributed by atoms with Crippen molar-refractivity contribution in [2.75, 3.05) is 0 Å². The first-order chi connectivity index (χ1) is 4.79. The van der Waals surface area contributed by atoms with Crippen LogP contribution in [0.5, 0.6) is 0 Å². The lowest BCUT2D eigenvalue weighted by atomic mass is 9.86. The SMILES string of the molecule is C#CC1(C(CC)CC)CC1. The van der Waals surface area contributed by atoms with Gasteiger partial charge < -0.3 is 0 Å². The zero-order valence-corrected chi connectivity index (χ0v) is 6.98. The van der Waals surface area contributed by atoms with Gasteiger partial charge in [-0.2, -0.15) is 0 Å². The molecule has 0 atom stereocenters. The van der Waals surface area contributed by atoms with E-state index in [1.165, 1.54) is 25.7 Å². The van der Waals surface area contributed by atoms with E-state index in [-0.39, 0.29) is 0 Å². The third-order valence-corrected chi connectivity index (χ3v) is 2.84. The Morgan fingerprint density at radius 2 is 1.90 bits per heavy atom. The van der Waals surface area contributed by atoms with Gasteiger partial charge in [0.2, 0.25) is 0 Å². The summed E-state index contributed by atoms with van der Waals surface area (Å²) in [6, 6.07) is 0. The van der Waals surface area contributed by atoms with Crippen molar-refractivity contribution in [3.63, 3.8) is 0 Å². The van der Waals surface area contributed by atoms with Gasteiger partial charge in [-0.1, -0.05) is 32.6 Å². The summed E-state index contributed by atoms with van der Waals surface area (Å²) in [6.45, 7) is 4.48. The third-order valence-electron chi connectivity index (χ3n) is 2.84. The molecule has 0 aromatic carbocycles. The average molecular weight is 136 g/mol. The van der Waals surface area contributed by atoms with Crippen molar-refractivity contribution in [2.24, 2.45) is 11.3 Å². The summed E-state index contributed by atoms with van der Waals surface area (Å²) >= 11 is 0. The van der Waals surface area contributed by atoms with E-state index in [9.17, 15) is 0 Å². The van der Waals surface area contributed by atoms with Crippen LogP contribution in [-0.4, -0.2) is 0 Å². The largest absolute Gasteiger partial charge is 0.120 e. The first-order valence-electron chi connectivity index (χ1n) is 4.27. The molecule has 0 bridgehead atoms. The lowest BCUT2D eigenvalue weighted by Crippen LogP contribution is -2.11. The van der Waals surface area contributed by atoms with Crippen LogP contribution in [0.25, 0.3) is 0 Å². The van der Waals surface area contributed by atoms with Crippen LogP contribution in [0.3, 0.4) is 0 Å². The highest BCUT2D eigenvalue weighted by Crippen LogP contribution is 2.53. The minimum Gasteiger partial charge on any atom is -0.120 e. The summed E-state index contributed by atoms with van der Waals surface area (Å²) < 4.78 is 0. The predicted octanol–water partition coefficient (Wildman–Crippen LogP) is 2.84. The van der Waals surface area contributed by atoms with Gasteiger partial charge in [-0.25, -0.2) is 0 Å². The van der Waals surface area contributed by atoms with Gasteiger partial charge in [0, 0.05) is 5.41 Å². The van der Waals surface area contributed by atoms with Crippen LogP contribution in [0, 0.1) is 23.7 Å². The number of rotatable bonds is 3. The molecule has 1 aliphatic rings. The van der Waals surface area contributed by atoms with Crippen molar-refractivity contribution in [3.8, 4) is 12.3 Å². The zero-order valence-electron chi connectivity index (χ0n) is 6.98. The second-order valence-corrected chi connectivity index (χ2v) is 3.31. The number of hydrogen-bond acceptors (Lipinski definition) is 0. The summed E-state index contributed by atoms with van der Waals surface area (Å²) in [5.41, 5.74) is 0.337. The molecule has 0 saturated heterocycles. The highest BCUT2D eigenvalue weighted by molar-refractivity contribution is 5.17. The summed E-state index contributed by atoms with van der Waals surface area (Å²) in [5, 5.41) is 0. The van der Waals surface area contributed by atoms with E-state index in [4.69, 9.17) is 6.42 Å². The molecule has 0 N–H and O–H groups in total. The van der Waals surface area contributed by atoms with E-state index in [1.807, 2.05) is 0 Å². The Kier molecular flexibility index (Phi) is 2.04. The smallest absolute Gasteiger partial charge is 0.0341 e. The molecule has 0 nitrogen and oxygen atoms in total. The highest BCUT2D eigenvalue weighted by atomic mass is 14.5. The van der Waals surface area contributed by atoms with E-state index in [2.05, 4.69) is 19.8 Å². The van der Waals surface area contributed by atoms with E-state index >= 15 is 0 Å². The van der Waals surface area contributed by atoms with Crippen molar-refractivity contribution >= 4 is 0 Å². The molecule has 10 heavy (non-hydrogen) atoms. The minimum absolute atomic E-state index is 0.337. The molecular weight excluding hydrogens is 120 g/mol. The molecule has 56 valence electrons. The predicted molar refractivity (Wildman–Crippen MR) is 44.6 cm³/mol. The second-order valence-electron chi connectivity index (χ2n) is 3.31. The molecule has 1 aliphatic carbocycles. The van der Waals surface area contributed by atoms with Crippen LogP contribution in [-0.2, 0) is 0 Å². The van der Waals surface area contributed by atoms with Crippen LogP contribution in [0.1, 0.15) is 39.5 Å². The average Bonchev–Trinajstić information content (AvgIpc) is 2.72. The van der Waals surface area contributed by atoms with E-state index in [0.29, 0.717) is 5.41 Å². The van der Waals surface area contributed by atoms with Crippen LogP contribution < -0.4 is 0 Å². The summed E-state index contributed by atoms with van der Waals surface area (Å²) in [7, 11) is 0. The first-order valence-corrected chi connectivity index (χ1v) is 4.27. The van der Waals surface area contributed by atoms with Crippen LogP contribution >= 0.6 is 0 Å². The molecule has 0 spiro atoms. The molecule has 0 heteroatoms. The quantitative estimate of drug-likeness (QED) is 0.523. The third kappa shape index (κ3) is 1.06. The van der Waals surface area contributed by atoms with Gasteiger partial charge in [0.25, 0.3) is 0 Å². The Morgan fingerprint density at radius 1 is 1.40 bits per heavy atom. The van der Waals surface area contributed by atoms with Gasteiger partial charge in [0.15, 0.2) is 0 Å². The number of hydrogen-bond donors (Lipinski definition) is 0. The standard InChI is InChI=1S/C10H16/c1-4-9(5-2)10(6-3)7-8-10/h3,9H,4-5,7-8H2,1-2H3. The van der Waals surface area contributed by atoms with Crippen molar-refractivity contribution in [1.29, 1.82) is 0 Å². The van der Waals surface area contributed by atoms with E-state index in [0.717, 1.165) is 5.92 Å². The fourth-order valence-corrected chi connectivity index (χ4v) is 1.88. The van der Waals surface area contributed by atoms with Gasteiger partial charge in [0.05, 0.1) is 0 Å². The topological polar surface area (TPSA) is 0 Å². The molecule has 0 unspecified atom stereocenters. The van der Waals surface area contributed by atoms with Crippen LogP contribution in [0.2, 0.25) is 0 Å². The maximum absolute atomic E-state index is 5.47. The monoisotopic (exact) mass is 136 g/mol. The van der Waals surface area contributed by atoms with Crippen molar-refractivity contribution in [2.45, 2.75) is 39.5 Å². The van der Waals surface area contributed by atoms with Crippen LogP contribution in [0.4, 0.5) is 0 Å². The van der Waals surface area contributed by atoms with Crippen molar-refractivity contribution in [3.05, 3.63) is 0 Å². The lowest BCUT2D eigenvalue weighted by Gasteiger charge is -2.18. The van der Waals surface area contributed by atoms with Gasteiger partial charge >= 0.3 is 0 Å². The molecule has 0 aromatic rings. The minimum atomic E-state index is 0.337. The van der Waals surface area contributed by atoms with Gasteiger partial charge in [-0.15, -0.1) is 6.42 Å². The van der Waals surface area contributed by atoms with Crippen molar-refractivity contribution < 1.29 is 0 Å². The van der Waals surface area contributed by atoms with Gasteiger partial charge in [-0.05, 0) is 18.8 Å². The molecule has 0 aromatic heterocycles. The lowest BCUT2D eigenvalue weighted by molar-refractivity contribution is 0.364. The molecule has 0 heterocycles. The first kappa shape index (κ1) is 7.66. The Hall–Kier alpha value is -0.440. The van der Waals surface area contributed by atoms with Gasteiger partial charge in [0.1, 0.15) is 0 Å². The fourth-order valence-electron chi connectivity index (χ4n) is 1.88. The Balaban J connectivity index is 2.54. The summed E-state index contributed by atoms with van der Waals surface area (Å²) in [4.78, 5) is 0. The molecule has 0 radical (unpaired) electrons. The maximum Gasteiger partial charge on any atom is 0.0341 e. The second kappa shape index (κ2) is 2.66. The highest BCUT2D eigenvalue weighted by Gasteiger charge is 2.45. The zero-order chi connectivity index (χ0) is 7.61. The van der Waals surface area contributed by atoms with Gasteiger partial charge in [-0.3, -0.25) is 0 Å². The van der Waals surface area contributed by atoms with E-state index in [1.54, 1.807) is 0 Å². The summed E-state index contributed by atoms with van der Waals surface area (Å²) in [6.07, 6.45) is 10.5. The Morgan fingerprint density at radius 3 is 2.00 bits per heavy atom. The molecule has 1 fully saturated rings. The van der Waals surface area contributed by atoms with Crippen LogP contribution in [0.15, 0.2) is 0 Å². The fraction of sp³-hybridized carbons (Fsp3) is 0.800. The molecule has 1 rings (SSSR count). The maximum atomic E-state index is 5.47. The molecular formula is C10H16. The summed E-state index contributed by atoms with van der Waals surface area (Å²) in [5.74, 6) is 3.74. The van der Waals surface area contributed by atoms with E-state index < -0.39 is 0 Å².